The molecule has 1 heterocycles. The lowest BCUT2D eigenvalue weighted by Crippen LogP contribution is -2.28. The van der Waals surface area contributed by atoms with Crippen LogP contribution in [0.4, 0.5) is 11.4 Å². The predicted octanol–water partition coefficient (Wildman–Crippen LogP) is 10.8. The highest BCUT2D eigenvalue weighted by molar-refractivity contribution is 6.12. The fraction of sp³-hybridized carbons (Fsp3) is 0.0244. The van der Waals surface area contributed by atoms with Crippen molar-refractivity contribution in [3.63, 3.8) is 0 Å². The zero-order valence-electron chi connectivity index (χ0n) is 23.4. The summed E-state index contributed by atoms with van der Waals surface area (Å²) in [6.07, 6.45) is 0. The molecule has 0 saturated heterocycles. The molecular weight excluding hydrogens is 522 g/mol. The molecule has 8 aromatic rings. The lowest BCUT2D eigenvalue weighted by Gasteiger charge is -2.34. The van der Waals surface area contributed by atoms with Crippen molar-refractivity contribution < 1.29 is 4.42 Å². The first kappa shape index (κ1) is 24.0. The van der Waals surface area contributed by atoms with Crippen LogP contribution in [0.15, 0.2) is 162 Å². The molecular formula is C41H27NO. The maximum atomic E-state index is 6.24. The van der Waals surface area contributed by atoms with Crippen molar-refractivity contribution in [2.75, 3.05) is 5.32 Å². The Morgan fingerprint density at radius 3 is 1.84 bits per heavy atom. The first-order valence-electron chi connectivity index (χ1n) is 14.8. The van der Waals surface area contributed by atoms with Crippen LogP contribution in [0.1, 0.15) is 22.3 Å². The van der Waals surface area contributed by atoms with E-state index >= 15 is 0 Å². The van der Waals surface area contributed by atoms with E-state index in [4.69, 9.17) is 4.42 Å². The third-order valence-electron chi connectivity index (χ3n) is 9.11. The van der Waals surface area contributed by atoms with Gasteiger partial charge in [0.15, 0.2) is 0 Å². The first-order chi connectivity index (χ1) is 21.3. The van der Waals surface area contributed by atoms with Crippen LogP contribution < -0.4 is 5.32 Å². The van der Waals surface area contributed by atoms with Crippen LogP contribution in [0.25, 0.3) is 43.8 Å². The van der Waals surface area contributed by atoms with Gasteiger partial charge in [-0.3, -0.25) is 0 Å². The Morgan fingerprint density at radius 2 is 1.07 bits per heavy atom. The fourth-order valence-electron chi connectivity index (χ4n) is 7.35. The lowest BCUT2D eigenvalue weighted by atomic mass is 9.67. The average Bonchev–Trinajstić information content (AvgIpc) is 3.59. The summed E-state index contributed by atoms with van der Waals surface area (Å²) in [5.41, 5.74) is 11.0. The van der Waals surface area contributed by atoms with E-state index in [0.717, 1.165) is 33.3 Å². The highest BCUT2D eigenvalue weighted by atomic mass is 16.3. The Labute approximate surface area is 249 Å². The van der Waals surface area contributed by atoms with Gasteiger partial charge in [0.1, 0.15) is 11.2 Å². The summed E-state index contributed by atoms with van der Waals surface area (Å²) in [6.45, 7) is 0. The zero-order chi connectivity index (χ0) is 28.4. The summed E-state index contributed by atoms with van der Waals surface area (Å²) in [7, 11) is 0. The second-order valence-electron chi connectivity index (χ2n) is 11.4. The van der Waals surface area contributed by atoms with Gasteiger partial charge < -0.3 is 9.73 Å². The molecule has 2 heteroatoms. The maximum Gasteiger partial charge on any atom is 0.137 e. The third-order valence-corrected chi connectivity index (χ3v) is 9.11. The largest absolute Gasteiger partial charge is 0.456 e. The second kappa shape index (κ2) is 9.20. The monoisotopic (exact) mass is 549 g/mol. The van der Waals surface area contributed by atoms with Crippen LogP contribution >= 0.6 is 0 Å². The number of nitrogens with one attached hydrogen (secondary N) is 1. The molecule has 0 amide bonds. The van der Waals surface area contributed by atoms with Crippen molar-refractivity contribution >= 4 is 44.1 Å². The van der Waals surface area contributed by atoms with E-state index in [9.17, 15) is 0 Å². The summed E-state index contributed by atoms with van der Waals surface area (Å²) < 4.78 is 6.24. The van der Waals surface area contributed by atoms with Crippen LogP contribution in [0.3, 0.4) is 0 Å². The quantitative estimate of drug-likeness (QED) is 0.236. The van der Waals surface area contributed by atoms with Gasteiger partial charge in [0.05, 0.1) is 16.5 Å². The number of anilines is 2. The Hall–Kier alpha value is -5.60. The van der Waals surface area contributed by atoms with Crippen LogP contribution in [0.2, 0.25) is 0 Å². The Kier molecular flexibility index (Phi) is 5.15. The van der Waals surface area contributed by atoms with E-state index in [-0.39, 0.29) is 0 Å². The molecule has 0 unspecified atom stereocenters. The SMILES string of the molecule is c1ccc(C2(c3ccccc3)c3cc4ccccc4cc3-c3c(Nc4cccc5oc6ccccc6c45)cccc32)cc1. The summed E-state index contributed by atoms with van der Waals surface area (Å²) in [6, 6.07) is 56.7. The number of benzene rings is 7. The van der Waals surface area contributed by atoms with Gasteiger partial charge in [-0.1, -0.05) is 121 Å². The van der Waals surface area contributed by atoms with Crippen molar-refractivity contribution in [2.45, 2.75) is 5.41 Å². The van der Waals surface area contributed by atoms with Gasteiger partial charge in [-0.25, -0.2) is 0 Å². The number of furan rings is 1. The number of fused-ring (bicyclic) bond motifs is 7. The molecule has 1 aliphatic carbocycles. The summed E-state index contributed by atoms with van der Waals surface area (Å²) in [4.78, 5) is 0. The highest BCUT2D eigenvalue weighted by Crippen LogP contribution is 2.59. The normalized spacial score (nSPS) is 13.3. The molecule has 2 nitrogen and oxygen atoms in total. The minimum absolute atomic E-state index is 0.469. The minimum atomic E-state index is -0.469. The molecule has 1 aromatic heterocycles. The van der Waals surface area contributed by atoms with E-state index in [0.29, 0.717) is 0 Å². The van der Waals surface area contributed by atoms with Gasteiger partial charge in [0, 0.05) is 16.6 Å². The molecule has 0 spiro atoms. The standard InChI is InChI=1S/C41H27NO/c1-3-15-29(16-4-1)41(30-17-5-2-6-18-30)33-20-11-21-35(39(33)32-25-27-13-7-8-14-28(27)26-34(32)41)42-36-22-12-24-38-40(36)31-19-9-10-23-37(31)43-38/h1-26,42H. The number of hydrogen-bond donors (Lipinski definition) is 1. The first-order valence-corrected chi connectivity index (χ1v) is 14.8. The molecule has 7 aromatic carbocycles. The topological polar surface area (TPSA) is 25.2 Å². The molecule has 0 fully saturated rings. The summed E-state index contributed by atoms with van der Waals surface area (Å²) >= 11 is 0. The summed E-state index contributed by atoms with van der Waals surface area (Å²) in [5, 5.41) is 8.59. The minimum Gasteiger partial charge on any atom is -0.456 e. The van der Waals surface area contributed by atoms with Crippen molar-refractivity contribution in [3.8, 4) is 11.1 Å². The third kappa shape index (κ3) is 3.41. The van der Waals surface area contributed by atoms with Crippen LogP contribution in [0, 0.1) is 0 Å². The maximum absolute atomic E-state index is 6.24. The van der Waals surface area contributed by atoms with Gasteiger partial charge in [0.2, 0.25) is 0 Å². The van der Waals surface area contributed by atoms with Gasteiger partial charge in [0.25, 0.3) is 0 Å². The lowest BCUT2D eigenvalue weighted by molar-refractivity contribution is 0.669. The van der Waals surface area contributed by atoms with E-state index in [1.54, 1.807) is 0 Å². The van der Waals surface area contributed by atoms with Crippen LogP contribution in [0.5, 0.6) is 0 Å². The molecule has 0 atom stereocenters. The van der Waals surface area contributed by atoms with E-state index < -0.39 is 5.41 Å². The summed E-state index contributed by atoms with van der Waals surface area (Å²) in [5.74, 6) is 0. The van der Waals surface area contributed by atoms with Crippen molar-refractivity contribution in [2.24, 2.45) is 0 Å². The van der Waals surface area contributed by atoms with Gasteiger partial charge in [-0.15, -0.1) is 0 Å². The van der Waals surface area contributed by atoms with Gasteiger partial charge in [-0.05, 0) is 75.0 Å². The Bertz CT molecular complexity index is 2280. The number of hydrogen-bond acceptors (Lipinski definition) is 2. The molecule has 1 aliphatic rings. The van der Waals surface area contributed by atoms with Crippen LogP contribution in [-0.2, 0) is 5.41 Å². The van der Waals surface area contributed by atoms with E-state index in [2.05, 4.69) is 145 Å². The average molecular weight is 550 g/mol. The second-order valence-corrected chi connectivity index (χ2v) is 11.4. The number of rotatable bonds is 4. The molecule has 9 rings (SSSR count). The smallest absolute Gasteiger partial charge is 0.137 e. The van der Waals surface area contributed by atoms with Gasteiger partial charge >= 0.3 is 0 Å². The van der Waals surface area contributed by atoms with Crippen molar-refractivity contribution in [1.82, 2.24) is 0 Å². The fourth-order valence-corrected chi connectivity index (χ4v) is 7.35. The number of para-hydroxylation sites is 1. The van der Waals surface area contributed by atoms with Crippen LogP contribution in [-0.4, -0.2) is 0 Å². The Morgan fingerprint density at radius 1 is 0.465 bits per heavy atom. The molecule has 1 N–H and O–H groups in total. The molecule has 0 bridgehead atoms. The van der Waals surface area contributed by atoms with Gasteiger partial charge in [-0.2, -0.15) is 0 Å². The molecule has 0 saturated carbocycles. The molecule has 0 aliphatic heterocycles. The van der Waals surface area contributed by atoms with Crippen molar-refractivity contribution in [3.05, 3.63) is 180 Å². The highest BCUT2D eigenvalue weighted by Gasteiger charge is 2.47. The molecule has 202 valence electrons. The molecule has 0 radical (unpaired) electrons. The van der Waals surface area contributed by atoms with Crippen molar-refractivity contribution in [1.29, 1.82) is 0 Å². The predicted molar refractivity (Wildman–Crippen MR) is 178 cm³/mol. The van der Waals surface area contributed by atoms with E-state index in [1.165, 1.54) is 44.2 Å². The molecule has 43 heavy (non-hydrogen) atoms. The zero-order valence-corrected chi connectivity index (χ0v) is 23.4. The Balaban J connectivity index is 1.37. The van der Waals surface area contributed by atoms with E-state index in [1.807, 2.05) is 18.2 Å².